The van der Waals surface area contributed by atoms with Gasteiger partial charge in [0.2, 0.25) is 5.91 Å². The third-order valence-corrected chi connectivity index (χ3v) is 4.61. The molecule has 0 spiro atoms. The molecule has 0 fully saturated rings. The molecule has 0 unspecified atom stereocenters. The van der Waals surface area contributed by atoms with Gasteiger partial charge < -0.3 is 5.32 Å². The van der Waals surface area contributed by atoms with Crippen molar-refractivity contribution in [3.05, 3.63) is 24.3 Å². The van der Waals surface area contributed by atoms with Gasteiger partial charge in [0.05, 0.1) is 4.90 Å². The number of rotatable bonds is 5. The summed E-state index contributed by atoms with van der Waals surface area (Å²) in [6.07, 6.45) is 0. The van der Waals surface area contributed by atoms with Gasteiger partial charge in [0, 0.05) is 12.7 Å². The molecule has 0 bridgehead atoms. The summed E-state index contributed by atoms with van der Waals surface area (Å²) in [7, 11) is -2.89. The van der Waals surface area contributed by atoms with Crippen LogP contribution in [0.15, 0.2) is 29.2 Å². The fourth-order valence-electron chi connectivity index (χ4n) is 1.31. The first-order valence-electron chi connectivity index (χ1n) is 5.36. The number of anilines is 1. The number of amides is 2. The largest absolute Gasteiger partial charge is 0.325 e. The van der Waals surface area contributed by atoms with E-state index in [4.69, 9.17) is 23.2 Å². The van der Waals surface area contributed by atoms with Crippen LogP contribution in [0.5, 0.6) is 0 Å². The first kappa shape index (κ1) is 16.7. The number of hydrogen-bond donors (Lipinski definition) is 1. The summed E-state index contributed by atoms with van der Waals surface area (Å²) in [6.45, 7) is 0. The molecule has 110 valence electrons. The summed E-state index contributed by atoms with van der Waals surface area (Å²) >= 11 is 10.7. The molecule has 6 nitrogen and oxygen atoms in total. The van der Waals surface area contributed by atoms with Gasteiger partial charge in [-0.25, -0.2) is 12.7 Å². The van der Waals surface area contributed by atoms with Crippen molar-refractivity contribution in [2.24, 2.45) is 0 Å². The molecule has 0 radical (unpaired) electrons. The summed E-state index contributed by atoms with van der Waals surface area (Å²) in [5.41, 5.74) is 0.267. The smallest absolute Gasteiger partial charge is 0.266 e. The van der Waals surface area contributed by atoms with Crippen LogP contribution in [-0.2, 0) is 19.6 Å². The van der Waals surface area contributed by atoms with E-state index in [1.54, 1.807) is 0 Å². The Kier molecular flexibility index (Phi) is 5.79. The minimum atomic E-state index is -4.00. The molecule has 0 heterocycles. The van der Waals surface area contributed by atoms with Crippen LogP contribution in [0, 0.1) is 0 Å². The van der Waals surface area contributed by atoms with Crippen LogP contribution in [0.2, 0.25) is 0 Å². The van der Waals surface area contributed by atoms with E-state index in [-0.39, 0.29) is 16.5 Å². The molecule has 0 aliphatic rings. The van der Waals surface area contributed by atoms with Crippen LogP contribution in [0.4, 0.5) is 5.69 Å². The van der Waals surface area contributed by atoms with Gasteiger partial charge in [-0.15, -0.1) is 23.2 Å². The maximum atomic E-state index is 12.1. The summed E-state index contributed by atoms with van der Waals surface area (Å²) in [6, 6.07) is 5.49. The average Bonchev–Trinajstić information content (AvgIpc) is 2.45. The molecule has 0 saturated carbocycles. The van der Waals surface area contributed by atoms with E-state index >= 15 is 0 Å². The molecule has 9 heteroatoms. The Morgan fingerprint density at radius 3 is 2.45 bits per heavy atom. The number of nitrogens with zero attached hydrogens (tertiary/aromatic N) is 1. The van der Waals surface area contributed by atoms with E-state index in [1.807, 2.05) is 0 Å². The zero-order valence-corrected chi connectivity index (χ0v) is 12.8. The van der Waals surface area contributed by atoms with Gasteiger partial charge in [0.25, 0.3) is 15.9 Å². The Bertz CT molecular complexity index is 619. The lowest BCUT2D eigenvalue weighted by atomic mass is 10.3. The van der Waals surface area contributed by atoms with Gasteiger partial charge in [-0.05, 0) is 18.2 Å². The van der Waals surface area contributed by atoms with Crippen LogP contribution >= 0.6 is 23.2 Å². The first-order valence-corrected chi connectivity index (χ1v) is 7.87. The zero-order valence-electron chi connectivity index (χ0n) is 10.5. The van der Waals surface area contributed by atoms with Crippen molar-refractivity contribution in [1.82, 2.24) is 4.31 Å². The highest BCUT2D eigenvalue weighted by Gasteiger charge is 2.25. The molecule has 0 aliphatic carbocycles. The third kappa shape index (κ3) is 3.84. The fourth-order valence-corrected chi connectivity index (χ4v) is 2.80. The Labute approximate surface area is 126 Å². The molecule has 1 aromatic rings. The van der Waals surface area contributed by atoms with Crippen LogP contribution in [0.25, 0.3) is 0 Å². The van der Waals surface area contributed by atoms with Crippen molar-refractivity contribution in [3.8, 4) is 0 Å². The SMILES string of the molecule is CN(C(=O)CCl)S(=O)(=O)c1cccc(NC(=O)CCl)c1. The molecule has 0 saturated heterocycles. The normalized spacial score (nSPS) is 10.9. The standard InChI is InChI=1S/C11H12Cl2N2O4S/c1-15(11(17)7-13)20(18,19)9-4-2-3-8(5-9)14-10(16)6-12/h2-5H,6-7H2,1H3,(H,14,16). The summed E-state index contributed by atoms with van der Waals surface area (Å²) < 4.78 is 24.9. The van der Waals surface area contributed by atoms with E-state index in [0.717, 1.165) is 7.05 Å². The topological polar surface area (TPSA) is 83.6 Å². The second-order valence-corrected chi connectivity index (χ2v) is 6.21. The first-order chi connectivity index (χ1) is 9.32. The number of carbonyl (C=O) groups is 2. The minimum absolute atomic E-state index is 0.133. The van der Waals surface area contributed by atoms with E-state index in [2.05, 4.69) is 5.32 Å². The maximum absolute atomic E-state index is 12.1. The average molecular weight is 339 g/mol. The number of alkyl halides is 2. The highest BCUT2D eigenvalue weighted by Crippen LogP contribution is 2.19. The maximum Gasteiger partial charge on any atom is 0.266 e. The molecule has 2 amide bonds. The number of nitrogens with one attached hydrogen (secondary N) is 1. The molecule has 1 N–H and O–H groups in total. The molecule has 1 aromatic carbocycles. The van der Waals surface area contributed by atoms with Crippen molar-refractivity contribution in [2.45, 2.75) is 4.90 Å². The Balaban J connectivity index is 3.10. The lowest BCUT2D eigenvalue weighted by molar-refractivity contribution is -0.123. The molecular weight excluding hydrogens is 327 g/mol. The summed E-state index contributed by atoms with van der Waals surface area (Å²) in [4.78, 5) is 22.4. The van der Waals surface area contributed by atoms with Crippen molar-refractivity contribution in [1.29, 1.82) is 0 Å². The highest BCUT2D eigenvalue weighted by molar-refractivity contribution is 7.89. The van der Waals surface area contributed by atoms with Gasteiger partial charge in [0.15, 0.2) is 0 Å². The van der Waals surface area contributed by atoms with E-state index in [1.165, 1.54) is 24.3 Å². The number of benzene rings is 1. The Morgan fingerprint density at radius 2 is 1.90 bits per heavy atom. The summed E-state index contributed by atoms with van der Waals surface area (Å²) in [5, 5.41) is 2.42. The van der Waals surface area contributed by atoms with Gasteiger partial charge in [-0.2, -0.15) is 0 Å². The lowest BCUT2D eigenvalue weighted by Gasteiger charge is -2.16. The van der Waals surface area contributed by atoms with Crippen LogP contribution in [0.1, 0.15) is 0 Å². The monoisotopic (exact) mass is 338 g/mol. The molecule has 20 heavy (non-hydrogen) atoms. The molecule has 0 atom stereocenters. The van der Waals surface area contributed by atoms with Crippen molar-refractivity contribution < 1.29 is 18.0 Å². The Hall–Kier alpha value is -1.31. The van der Waals surface area contributed by atoms with Crippen molar-refractivity contribution in [2.75, 3.05) is 24.1 Å². The van der Waals surface area contributed by atoms with Gasteiger partial charge in [-0.1, -0.05) is 6.07 Å². The Morgan fingerprint density at radius 1 is 1.25 bits per heavy atom. The predicted molar refractivity (Wildman–Crippen MR) is 76.5 cm³/mol. The van der Waals surface area contributed by atoms with E-state index in [0.29, 0.717) is 4.31 Å². The second-order valence-electron chi connectivity index (χ2n) is 3.71. The minimum Gasteiger partial charge on any atom is -0.325 e. The number of halogens is 2. The van der Waals surface area contributed by atoms with Gasteiger partial charge in [0.1, 0.15) is 11.8 Å². The van der Waals surface area contributed by atoms with Crippen LogP contribution in [0.3, 0.4) is 0 Å². The molecule has 1 rings (SSSR count). The summed E-state index contributed by atoms with van der Waals surface area (Å²) in [5.74, 6) is -1.91. The van der Waals surface area contributed by atoms with Crippen molar-refractivity contribution >= 4 is 50.7 Å². The quantitative estimate of drug-likeness (QED) is 0.819. The lowest BCUT2D eigenvalue weighted by Crippen LogP contribution is -2.34. The number of hydrogen-bond acceptors (Lipinski definition) is 4. The number of sulfonamides is 1. The number of carbonyl (C=O) groups excluding carboxylic acids is 2. The molecular formula is C11H12Cl2N2O4S. The van der Waals surface area contributed by atoms with E-state index < -0.39 is 27.7 Å². The molecule has 0 aromatic heterocycles. The highest BCUT2D eigenvalue weighted by atomic mass is 35.5. The van der Waals surface area contributed by atoms with Crippen molar-refractivity contribution in [3.63, 3.8) is 0 Å². The third-order valence-electron chi connectivity index (χ3n) is 2.36. The van der Waals surface area contributed by atoms with Crippen LogP contribution < -0.4 is 5.32 Å². The van der Waals surface area contributed by atoms with E-state index in [9.17, 15) is 18.0 Å². The van der Waals surface area contributed by atoms with Crippen LogP contribution in [-0.4, -0.2) is 43.3 Å². The predicted octanol–water partition coefficient (Wildman–Crippen LogP) is 1.25. The molecule has 0 aliphatic heterocycles. The zero-order chi connectivity index (χ0) is 15.3. The van der Waals surface area contributed by atoms with Gasteiger partial charge in [-0.3, -0.25) is 9.59 Å². The van der Waals surface area contributed by atoms with Gasteiger partial charge >= 0.3 is 0 Å². The second kappa shape index (κ2) is 6.92. The fraction of sp³-hybridized carbons (Fsp3) is 0.273.